The predicted molar refractivity (Wildman–Crippen MR) is 145 cm³/mol. The van der Waals surface area contributed by atoms with Crippen molar-refractivity contribution in [2.24, 2.45) is 0 Å². The van der Waals surface area contributed by atoms with Crippen LogP contribution in [0.1, 0.15) is 44.0 Å². The molecule has 8 nitrogen and oxygen atoms in total. The molecule has 2 fully saturated rings. The van der Waals surface area contributed by atoms with Gasteiger partial charge in [-0.3, -0.25) is 19.6 Å². The zero-order valence-electron chi connectivity index (χ0n) is 23.1. The lowest BCUT2D eigenvalue weighted by Crippen LogP contribution is -2.62. The third kappa shape index (κ3) is 5.41. The van der Waals surface area contributed by atoms with Gasteiger partial charge in [0.15, 0.2) is 0 Å². The number of rotatable bonds is 6. The summed E-state index contributed by atoms with van der Waals surface area (Å²) in [6.45, 7) is 7.88. The number of hydrogen-bond acceptors (Lipinski definition) is 5. The van der Waals surface area contributed by atoms with Gasteiger partial charge in [0.25, 0.3) is 0 Å². The Balaban J connectivity index is 1.40. The summed E-state index contributed by atoms with van der Waals surface area (Å²) < 4.78 is 44.7. The van der Waals surface area contributed by atoms with E-state index in [0.29, 0.717) is 44.8 Å². The van der Waals surface area contributed by atoms with E-state index in [2.05, 4.69) is 4.98 Å². The largest absolute Gasteiger partial charge is 0.465 e. The van der Waals surface area contributed by atoms with Crippen LogP contribution in [0.5, 0.6) is 0 Å². The second-order valence-corrected chi connectivity index (χ2v) is 11.9. The molecule has 0 bridgehead atoms. The van der Waals surface area contributed by atoms with E-state index in [9.17, 15) is 19.1 Å². The van der Waals surface area contributed by atoms with Crippen LogP contribution in [0, 0.1) is 0 Å². The Morgan fingerprint density at radius 2 is 1.88 bits per heavy atom. The first-order valence-electron chi connectivity index (χ1n) is 13.7. The van der Waals surface area contributed by atoms with Gasteiger partial charge in [-0.1, -0.05) is 44.2 Å². The van der Waals surface area contributed by atoms with E-state index in [1.165, 1.54) is 29.3 Å². The molecule has 1 N–H and O–H groups in total. The molecule has 0 radical (unpaired) electrons. The Morgan fingerprint density at radius 1 is 1.15 bits per heavy atom. The minimum Gasteiger partial charge on any atom is -0.465 e. The van der Waals surface area contributed by atoms with Gasteiger partial charge in [0.2, 0.25) is 5.91 Å². The Bertz CT molecular complexity index is 1260. The molecule has 5 rings (SSSR count). The van der Waals surface area contributed by atoms with Crippen LogP contribution in [0.3, 0.4) is 0 Å². The number of benzene rings is 1. The van der Waals surface area contributed by atoms with Crippen LogP contribution in [-0.4, -0.2) is 101 Å². The van der Waals surface area contributed by atoms with Gasteiger partial charge in [-0.05, 0) is 19.4 Å². The summed E-state index contributed by atoms with van der Waals surface area (Å²) in [5.41, 5.74) is 0.0515. The van der Waals surface area contributed by atoms with E-state index in [1.54, 1.807) is 30.0 Å². The molecule has 0 saturated carbocycles. The Hall–Kier alpha value is -3.18. The standard InChI is InChI=1S/C29H36F3N5O3/c1-19-13-35(22(16-36(19)27(39)40)15-34-10-9-21(30)14-34)17-26(38)37-18-28(2,3)23-12-33-25(11-24(23)37)29(31,32)20-7-5-4-6-8-20/h4-8,11-12,19,21-22H,9-10,13-18H2,1-3H3,(H,39,40)/t19-,21-,22+/m1/s1. The fourth-order valence-electron chi connectivity index (χ4n) is 6.20. The third-order valence-electron chi connectivity index (χ3n) is 8.44. The number of aromatic nitrogens is 1. The lowest BCUT2D eigenvalue weighted by Gasteiger charge is -2.45. The molecular weight excluding hydrogens is 523 g/mol. The van der Waals surface area contributed by atoms with E-state index in [4.69, 9.17) is 0 Å². The summed E-state index contributed by atoms with van der Waals surface area (Å²) >= 11 is 0. The molecule has 2 saturated heterocycles. The predicted octanol–water partition coefficient (Wildman–Crippen LogP) is 3.94. The molecule has 2 amide bonds. The van der Waals surface area contributed by atoms with Crippen molar-refractivity contribution < 1.29 is 27.9 Å². The van der Waals surface area contributed by atoms with Crippen LogP contribution < -0.4 is 4.90 Å². The molecule has 0 spiro atoms. The maximum Gasteiger partial charge on any atom is 0.407 e. The van der Waals surface area contributed by atoms with Crippen LogP contribution in [0.2, 0.25) is 0 Å². The number of carboxylic acid groups (broad SMARTS) is 1. The number of pyridine rings is 1. The fraction of sp³-hybridized carbons (Fsp3) is 0.552. The molecule has 11 heteroatoms. The molecule has 0 unspecified atom stereocenters. The minimum atomic E-state index is -3.34. The molecule has 4 heterocycles. The minimum absolute atomic E-state index is 0.00237. The van der Waals surface area contributed by atoms with E-state index in [1.807, 2.05) is 23.6 Å². The van der Waals surface area contributed by atoms with Crippen molar-refractivity contribution in [3.63, 3.8) is 0 Å². The van der Waals surface area contributed by atoms with Crippen LogP contribution in [0.25, 0.3) is 0 Å². The van der Waals surface area contributed by atoms with Crippen molar-refractivity contribution in [1.29, 1.82) is 0 Å². The number of anilines is 1. The molecule has 1 aromatic heterocycles. The number of hydrogen-bond donors (Lipinski definition) is 1. The van der Waals surface area contributed by atoms with Crippen molar-refractivity contribution in [3.8, 4) is 0 Å². The quantitative estimate of drug-likeness (QED) is 0.578. The zero-order chi connectivity index (χ0) is 28.8. The zero-order valence-corrected chi connectivity index (χ0v) is 23.1. The molecule has 2 aromatic rings. The normalized spacial score (nSPS) is 25.3. The monoisotopic (exact) mass is 559 g/mol. The van der Waals surface area contributed by atoms with Crippen LogP contribution in [0.4, 0.5) is 23.7 Å². The van der Waals surface area contributed by atoms with Gasteiger partial charge < -0.3 is 14.9 Å². The number of carbonyl (C=O) groups is 2. The molecule has 216 valence electrons. The summed E-state index contributed by atoms with van der Waals surface area (Å²) in [5, 5.41) is 9.70. The molecule has 3 aliphatic rings. The summed E-state index contributed by atoms with van der Waals surface area (Å²) in [7, 11) is 0. The van der Waals surface area contributed by atoms with E-state index in [-0.39, 0.29) is 36.6 Å². The highest BCUT2D eigenvalue weighted by molar-refractivity contribution is 5.97. The fourth-order valence-corrected chi connectivity index (χ4v) is 6.20. The van der Waals surface area contributed by atoms with Gasteiger partial charge in [-0.15, -0.1) is 0 Å². The van der Waals surface area contributed by atoms with E-state index < -0.39 is 29.3 Å². The lowest BCUT2D eigenvalue weighted by molar-refractivity contribution is -0.121. The summed E-state index contributed by atoms with van der Waals surface area (Å²) in [6, 6.07) is 8.16. The van der Waals surface area contributed by atoms with Crippen molar-refractivity contribution in [3.05, 3.63) is 59.4 Å². The van der Waals surface area contributed by atoms with Gasteiger partial charge >= 0.3 is 12.0 Å². The topological polar surface area (TPSA) is 80.2 Å². The first kappa shape index (κ1) is 28.4. The molecule has 0 aliphatic carbocycles. The SMILES string of the molecule is C[C@@H]1CN(CC(=O)N2CC(C)(C)c3cnc(C(F)(F)c4ccccc4)cc32)[C@@H](CN2CC[C@@H](F)C2)CN1C(=O)O. The lowest BCUT2D eigenvalue weighted by atomic mass is 9.88. The van der Waals surface area contributed by atoms with Crippen molar-refractivity contribution in [2.75, 3.05) is 50.7 Å². The number of halogens is 3. The molecular formula is C29H36F3N5O3. The van der Waals surface area contributed by atoms with Gasteiger partial charge in [0.05, 0.1) is 12.2 Å². The molecule has 3 atom stereocenters. The average molecular weight is 560 g/mol. The second kappa shape index (κ2) is 10.7. The number of likely N-dealkylation sites (tertiary alicyclic amines) is 1. The number of fused-ring (bicyclic) bond motifs is 1. The Kier molecular flexibility index (Phi) is 7.56. The number of amides is 2. The third-order valence-corrected chi connectivity index (χ3v) is 8.44. The smallest absolute Gasteiger partial charge is 0.407 e. The van der Waals surface area contributed by atoms with E-state index in [0.717, 1.165) is 5.56 Å². The highest BCUT2D eigenvalue weighted by Crippen LogP contribution is 2.43. The molecule has 3 aliphatic heterocycles. The number of carbonyl (C=O) groups excluding carboxylic acids is 1. The Morgan fingerprint density at radius 3 is 2.52 bits per heavy atom. The van der Waals surface area contributed by atoms with Gasteiger partial charge in [0.1, 0.15) is 11.9 Å². The van der Waals surface area contributed by atoms with Crippen LogP contribution in [-0.2, 0) is 16.1 Å². The Labute approximate surface area is 232 Å². The first-order chi connectivity index (χ1) is 18.9. The average Bonchev–Trinajstić information content (AvgIpc) is 3.44. The summed E-state index contributed by atoms with van der Waals surface area (Å²) in [5.74, 6) is -3.59. The van der Waals surface area contributed by atoms with Gasteiger partial charge in [-0.2, -0.15) is 8.78 Å². The van der Waals surface area contributed by atoms with Crippen molar-refractivity contribution in [2.45, 2.75) is 56.8 Å². The van der Waals surface area contributed by atoms with Crippen LogP contribution >= 0.6 is 0 Å². The number of piperazine rings is 1. The van der Waals surface area contributed by atoms with Crippen LogP contribution in [0.15, 0.2) is 42.6 Å². The highest BCUT2D eigenvalue weighted by Gasteiger charge is 2.44. The van der Waals surface area contributed by atoms with Gasteiger partial charge in [0, 0.05) is 74.1 Å². The maximum absolute atomic E-state index is 15.4. The second-order valence-electron chi connectivity index (χ2n) is 11.9. The van der Waals surface area contributed by atoms with Crippen molar-refractivity contribution in [1.82, 2.24) is 19.7 Å². The first-order valence-corrected chi connectivity index (χ1v) is 13.7. The van der Waals surface area contributed by atoms with Gasteiger partial charge in [-0.25, -0.2) is 9.18 Å². The van der Waals surface area contributed by atoms with E-state index >= 15 is 8.78 Å². The highest BCUT2D eigenvalue weighted by atomic mass is 19.3. The summed E-state index contributed by atoms with van der Waals surface area (Å²) in [4.78, 5) is 36.7. The molecule has 40 heavy (non-hydrogen) atoms. The number of alkyl halides is 3. The van der Waals surface area contributed by atoms with Crippen molar-refractivity contribution >= 4 is 17.7 Å². The molecule has 1 aromatic carbocycles. The summed E-state index contributed by atoms with van der Waals surface area (Å²) in [6.07, 6.45) is -0.0448. The number of nitrogens with zero attached hydrogens (tertiary/aromatic N) is 5. The maximum atomic E-state index is 15.4.